The normalized spacial score (nSPS) is 11.8. The molecule has 2 rings (SSSR count). The summed E-state index contributed by atoms with van der Waals surface area (Å²) in [5.74, 6) is 1.07. The van der Waals surface area contributed by atoms with Crippen molar-refractivity contribution in [2.75, 3.05) is 19.0 Å². The molecule has 0 heterocycles. The van der Waals surface area contributed by atoms with Crippen LogP contribution in [0.1, 0.15) is 18.9 Å². The lowest BCUT2D eigenvalue weighted by Gasteiger charge is -2.11. The molecule has 9 heteroatoms. The number of benzene rings is 2. The van der Waals surface area contributed by atoms with E-state index in [2.05, 4.69) is 15.0 Å². The van der Waals surface area contributed by atoms with Crippen molar-refractivity contribution in [2.45, 2.75) is 26.3 Å². The lowest BCUT2D eigenvalue weighted by Crippen LogP contribution is -2.22. The Balaban J connectivity index is 1.96. The van der Waals surface area contributed by atoms with Gasteiger partial charge in [-0.05, 0) is 48.4 Å². The molecular weight excluding hydrogens is 375 g/mol. The van der Waals surface area contributed by atoms with E-state index in [4.69, 9.17) is 15.2 Å². The Morgan fingerprint density at radius 2 is 1.82 bits per heavy atom. The van der Waals surface area contributed by atoms with Crippen LogP contribution in [0.3, 0.4) is 0 Å². The number of guanidine groups is 1. The minimum atomic E-state index is -4.73. The molecule has 6 nitrogen and oxygen atoms in total. The third kappa shape index (κ3) is 6.90. The number of halogens is 3. The molecule has 0 spiro atoms. The van der Waals surface area contributed by atoms with E-state index >= 15 is 0 Å². The smallest absolute Gasteiger partial charge is 0.493 e. The summed E-state index contributed by atoms with van der Waals surface area (Å²) < 4.78 is 51.2. The van der Waals surface area contributed by atoms with Crippen molar-refractivity contribution in [3.8, 4) is 17.2 Å². The summed E-state index contributed by atoms with van der Waals surface area (Å²) >= 11 is 0. The second-order valence-electron chi connectivity index (χ2n) is 5.73. The summed E-state index contributed by atoms with van der Waals surface area (Å²) in [6.45, 7) is 2.90. The fraction of sp³-hybridized carbons (Fsp3) is 0.316. The van der Waals surface area contributed by atoms with Crippen molar-refractivity contribution < 1.29 is 27.4 Å². The Morgan fingerprint density at radius 1 is 1.11 bits per heavy atom. The van der Waals surface area contributed by atoms with Crippen molar-refractivity contribution in [1.29, 1.82) is 0 Å². The van der Waals surface area contributed by atoms with Crippen LogP contribution in [0.4, 0.5) is 18.9 Å². The predicted molar refractivity (Wildman–Crippen MR) is 101 cm³/mol. The van der Waals surface area contributed by atoms with E-state index in [1.807, 2.05) is 25.1 Å². The van der Waals surface area contributed by atoms with Gasteiger partial charge in [-0.1, -0.05) is 13.0 Å². The molecule has 0 bridgehead atoms. The first kappa shape index (κ1) is 21.2. The van der Waals surface area contributed by atoms with Gasteiger partial charge >= 0.3 is 6.36 Å². The Labute approximate surface area is 161 Å². The molecule has 0 aliphatic heterocycles. The summed E-state index contributed by atoms with van der Waals surface area (Å²) in [6.07, 6.45) is -3.84. The third-order valence-corrected chi connectivity index (χ3v) is 3.48. The van der Waals surface area contributed by atoms with Crippen LogP contribution in [-0.2, 0) is 6.54 Å². The van der Waals surface area contributed by atoms with E-state index in [0.29, 0.717) is 30.3 Å². The van der Waals surface area contributed by atoms with E-state index in [1.165, 1.54) is 24.3 Å². The number of nitrogens with one attached hydrogen (secondary N) is 1. The van der Waals surface area contributed by atoms with Crippen LogP contribution in [0.5, 0.6) is 17.2 Å². The number of ether oxygens (including phenoxy) is 3. The summed E-state index contributed by atoms with van der Waals surface area (Å²) in [6, 6.07) is 10.7. The van der Waals surface area contributed by atoms with Gasteiger partial charge in [0.25, 0.3) is 0 Å². The van der Waals surface area contributed by atoms with Gasteiger partial charge in [-0.3, -0.25) is 0 Å². The van der Waals surface area contributed by atoms with Gasteiger partial charge in [0, 0.05) is 5.69 Å². The van der Waals surface area contributed by atoms with E-state index in [0.717, 1.165) is 12.0 Å². The van der Waals surface area contributed by atoms with Gasteiger partial charge < -0.3 is 25.3 Å². The number of aliphatic imine (C=N–C) groups is 1. The zero-order chi connectivity index (χ0) is 20.6. The quantitative estimate of drug-likeness (QED) is 0.513. The Morgan fingerprint density at radius 3 is 2.43 bits per heavy atom. The molecule has 0 radical (unpaired) electrons. The zero-order valence-electron chi connectivity index (χ0n) is 15.5. The monoisotopic (exact) mass is 397 g/mol. The number of nitrogens with two attached hydrogens (primary N) is 1. The van der Waals surface area contributed by atoms with Crippen LogP contribution in [0.25, 0.3) is 0 Å². The average molecular weight is 397 g/mol. The van der Waals surface area contributed by atoms with E-state index in [9.17, 15) is 13.2 Å². The predicted octanol–water partition coefficient (Wildman–Crippen LogP) is 4.31. The molecule has 28 heavy (non-hydrogen) atoms. The molecule has 0 saturated heterocycles. The molecule has 3 N–H and O–H groups in total. The Kier molecular flexibility index (Phi) is 7.36. The van der Waals surface area contributed by atoms with Crippen molar-refractivity contribution >= 4 is 11.6 Å². The van der Waals surface area contributed by atoms with Crippen molar-refractivity contribution in [3.63, 3.8) is 0 Å². The first-order valence-corrected chi connectivity index (χ1v) is 8.53. The second-order valence-corrected chi connectivity index (χ2v) is 5.73. The van der Waals surface area contributed by atoms with Crippen LogP contribution in [0, 0.1) is 0 Å². The fourth-order valence-electron chi connectivity index (χ4n) is 2.25. The molecule has 152 valence electrons. The first-order chi connectivity index (χ1) is 13.3. The van der Waals surface area contributed by atoms with Gasteiger partial charge in [-0.2, -0.15) is 0 Å². The maximum Gasteiger partial charge on any atom is 0.573 e. The number of nitrogens with zero attached hydrogens (tertiary/aromatic N) is 1. The molecule has 0 amide bonds. The number of hydrogen-bond donors (Lipinski definition) is 2. The molecule has 0 aliphatic carbocycles. The van der Waals surface area contributed by atoms with E-state index < -0.39 is 6.36 Å². The van der Waals surface area contributed by atoms with Gasteiger partial charge in [0.05, 0.1) is 20.3 Å². The first-order valence-electron chi connectivity index (χ1n) is 8.53. The van der Waals surface area contributed by atoms with Crippen LogP contribution in [0.2, 0.25) is 0 Å². The van der Waals surface area contributed by atoms with Crippen LogP contribution in [-0.4, -0.2) is 26.0 Å². The van der Waals surface area contributed by atoms with Crippen molar-refractivity contribution in [1.82, 2.24) is 0 Å². The Hall–Kier alpha value is -3.10. The zero-order valence-corrected chi connectivity index (χ0v) is 15.5. The standard InChI is InChI=1S/C19H22F3N3O3/c1-3-10-27-16-9-4-13(11-17(16)26-2)12-24-18(23)25-14-5-7-15(8-6-14)28-19(20,21)22/h4-9,11H,3,10,12H2,1-2H3,(H3,23,24,25). The van der Waals surface area contributed by atoms with Crippen molar-refractivity contribution in [2.24, 2.45) is 10.7 Å². The number of methoxy groups -OCH3 is 1. The summed E-state index contributed by atoms with van der Waals surface area (Å²) in [4.78, 5) is 4.21. The van der Waals surface area contributed by atoms with Gasteiger partial charge in [0.2, 0.25) is 0 Å². The highest BCUT2D eigenvalue weighted by molar-refractivity contribution is 5.92. The maximum absolute atomic E-state index is 12.2. The van der Waals surface area contributed by atoms with Crippen molar-refractivity contribution in [3.05, 3.63) is 48.0 Å². The van der Waals surface area contributed by atoms with E-state index in [-0.39, 0.29) is 11.7 Å². The molecule has 0 unspecified atom stereocenters. The van der Waals surface area contributed by atoms with Gasteiger partial charge in [0.1, 0.15) is 5.75 Å². The van der Waals surface area contributed by atoms with Crippen LogP contribution in [0.15, 0.2) is 47.5 Å². The molecule has 2 aromatic carbocycles. The highest BCUT2D eigenvalue weighted by Gasteiger charge is 2.30. The molecule has 0 saturated carbocycles. The number of rotatable bonds is 8. The fourth-order valence-corrected chi connectivity index (χ4v) is 2.25. The molecule has 0 aromatic heterocycles. The van der Waals surface area contributed by atoms with E-state index in [1.54, 1.807) is 7.11 Å². The van der Waals surface area contributed by atoms with Crippen LogP contribution < -0.4 is 25.3 Å². The highest BCUT2D eigenvalue weighted by Crippen LogP contribution is 2.28. The van der Waals surface area contributed by atoms with Gasteiger partial charge in [-0.25, -0.2) is 4.99 Å². The molecule has 2 aromatic rings. The Bertz CT molecular complexity index is 793. The van der Waals surface area contributed by atoms with Gasteiger partial charge in [-0.15, -0.1) is 13.2 Å². The maximum atomic E-state index is 12.2. The molecule has 0 aliphatic rings. The number of hydrogen-bond acceptors (Lipinski definition) is 4. The SMILES string of the molecule is CCCOc1ccc(CN=C(N)Nc2ccc(OC(F)(F)F)cc2)cc1OC. The van der Waals surface area contributed by atoms with Crippen LogP contribution >= 0.6 is 0 Å². The topological polar surface area (TPSA) is 78.1 Å². The van der Waals surface area contributed by atoms with Gasteiger partial charge in [0.15, 0.2) is 17.5 Å². The number of anilines is 1. The third-order valence-electron chi connectivity index (χ3n) is 3.48. The summed E-state index contributed by atoms with van der Waals surface area (Å²) in [5.41, 5.74) is 7.17. The molecule has 0 fully saturated rings. The summed E-state index contributed by atoms with van der Waals surface area (Å²) in [7, 11) is 1.56. The average Bonchev–Trinajstić information content (AvgIpc) is 2.65. The lowest BCUT2D eigenvalue weighted by atomic mass is 10.2. The summed E-state index contributed by atoms with van der Waals surface area (Å²) in [5, 5.41) is 2.81. The molecular formula is C19H22F3N3O3. The lowest BCUT2D eigenvalue weighted by molar-refractivity contribution is -0.274. The minimum absolute atomic E-state index is 0.120. The second kappa shape index (κ2) is 9.72. The number of alkyl halides is 3. The largest absolute Gasteiger partial charge is 0.573 e. The molecule has 0 atom stereocenters. The minimum Gasteiger partial charge on any atom is -0.493 e. The highest BCUT2D eigenvalue weighted by atomic mass is 19.4.